The number of aromatic nitrogens is 1. The number of benzene rings is 1. The molecule has 0 spiro atoms. The van der Waals surface area contributed by atoms with Crippen LogP contribution in [-0.2, 0) is 44.5 Å². The molecule has 0 unspecified atom stereocenters. The molecule has 0 atom stereocenters. The number of ether oxygens (including phenoxy) is 2. The van der Waals surface area contributed by atoms with Crippen molar-refractivity contribution in [3.63, 3.8) is 0 Å². The van der Waals surface area contributed by atoms with Crippen LogP contribution < -0.4 is 10.3 Å². The van der Waals surface area contributed by atoms with Crippen LogP contribution in [0.25, 0.3) is 11.3 Å². The fourth-order valence-electron chi connectivity index (χ4n) is 2.04. The fourth-order valence-corrected chi connectivity index (χ4v) is 2.43. The summed E-state index contributed by atoms with van der Waals surface area (Å²) < 4.78 is 12.6. The van der Waals surface area contributed by atoms with Crippen LogP contribution in [0.1, 0.15) is 5.56 Å². The van der Waals surface area contributed by atoms with E-state index in [0.717, 1.165) is 22.6 Å². The Labute approximate surface area is 163 Å². The molecule has 0 saturated carbocycles. The SMILES string of the molecule is COCCOc1ccc(-c2[c-]cc(Br)c(=O)n2C)c(C)c1.[Y]. The average Bonchev–Trinajstić information content (AvgIpc) is 2.46. The molecule has 0 bridgehead atoms. The first-order valence-corrected chi connectivity index (χ1v) is 7.34. The van der Waals surface area contributed by atoms with Gasteiger partial charge in [0.2, 0.25) is 5.56 Å². The molecular formula is C16H17BrNO3Y-. The van der Waals surface area contributed by atoms with Crippen molar-refractivity contribution < 1.29 is 42.2 Å². The van der Waals surface area contributed by atoms with Crippen molar-refractivity contribution in [2.24, 2.45) is 7.05 Å². The number of hydrogen-bond acceptors (Lipinski definition) is 3. The summed E-state index contributed by atoms with van der Waals surface area (Å²) >= 11 is 3.22. The molecule has 0 aliphatic rings. The van der Waals surface area contributed by atoms with Crippen LogP contribution in [0.15, 0.2) is 33.5 Å². The van der Waals surface area contributed by atoms with Crippen molar-refractivity contribution >= 4 is 15.9 Å². The zero-order valence-electron chi connectivity index (χ0n) is 12.9. The molecule has 22 heavy (non-hydrogen) atoms. The topological polar surface area (TPSA) is 40.5 Å². The second kappa shape index (κ2) is 8.97. The van der Waals surface area contributed by atoms with Gasteiger partial charge in [0.15, 0.2) is 0 Å². The molecule has 1 aromatic heterocycles. The van der Waals surface area contributed by atoms with Gasteiger partial charge in [-0.15, -0.1) is 22.0 Å². The molecule has 0 fully saturated rings. The van der Waals surface area contributed by atoms with Gasteiger partial charge in [-0.1, -0.05) is 23.7 Å². The quantitative estimate of drug-likeness (QED) is 0.531. The van der Waals surface area contributed by atoms with Gasteiger partial charge in [-0.25, -0.2) is 0 Å². The van der Waals surface area contributed by atoms with Gasteiger partial charge in [-0.2, -0.15) is 12.1 Å². The summed E-state index contributed by atoms with van der Waals surface area (Å²) in [6.45, 7) is 3.05. The van der Waals surface area contributed by atoms with Gasteiger partial charge < -0.3 is 14.0 Å². The standard InChI is InChI=1S/C16H17BrNO3.Y/c1-11-10-12(21-9-8-20-3)4-5-13(11)15-7-6-14(17)16(19)18(15)2;/h4-6,10H,8-9H2,1-3H3;/q-1;. The maximum atomic E-state index is 12.0. The van der Waals surface area contributed by atoms with Gasteiger partial charge >= 0.3 is 0 Å². The first-order valence-electron chi connectivity index (χ1n) is 6.54. The number of methoxy groups -OCH3 is 1. The van der Waals surface area contributed by atoms with Crippen LogP contribution in [0.2, 0.25) is 0 Å². The van der Waals surface area contributed by atoms with Gasteiger partial charge in [-0.3, -0.25) is 4.79 Å². The molecular weight excluding hydrogens is 423 g/mol. The number of pyridine rings is 1. The van der Waals surface area contributed by atoms with Crippen LogP contribution in [0.5, 0.6) is 5.75 Å². The third kappa shape index (κ3) is 4.51. The maximum Gasteiger partial charge on any atom is 0.208 e. The summed E-state index contributed by atoms with van der Waals surface area (Å²) in [4.78, 5) is 12.0. The molecule has 2 rings (SSSR count). The first-order chi connectivity index (χ1) is 10.0. The summed E-state index contributed by atoms with van der Waals surface area (Å²) in [5.74, 6) is 0.787. The Balaban J connectivity index is 0.00000242. The largest absolute Gasteiger partial charge is 0.491 e. The van der Waals surface area contributed by atoms with Crippen molar-refractivity contribution in [3.8, 4) is 17.0 Å². The molecule has 115 valence electrons. The van der Waals surface area contributed by atoms with E-state index in [0.29, 0.717) is 17.7 Å². The maximum absolute atomic E-state index is 12.0. The number of nitrogens with zero attached hydrogens (tertiary/aromatic N) is 1. The van der Waals surface area contributed by atoms with Gasteiger partial charge in [0.05, 0.1) is 6.61 Å². The summed E-state index contributed by atoms with van der Waals surface area (Å²) in [5, 5.41) is 0. The fraction of sp³-hybridized carbons (Fsp3) is 0.312. The Morgan fingerprint density at radius 3 is 2.68 bits per heavy atom. The van der Waals surface area contributed by atoms with E-state index in [2.05, 4.69) is 22.0 Å². The second-order valence-electron chi connectivity index (χ2n) is 4.67. The Morgan fingerprint density at radius 2 is 2.05 bits per heavy atom. The monoisotopic (exact) mass is 439 g/mol. The minimum absolute atomic E-state index is 0. The Kier molecular flexibility index (Phi) is 7.97. The first kappa shape index (κ1) is 19.6. The van der Waals surface area contributed by atoms with Crippen LogP contribution in [0.3, 0.4) is 0 Å². The van der Waals surface area contributed by atoms with Gasteiger partial charge in [-0.05, 0) is 16.6 Å². The van der Waals surface area contributed by atoms with E-state index in [1.807, 2.05) is 25.1 Å². The smallest absolute Gasteiger partial charge is 0.208 e. The van der Waals surface area contributed by atoms with Crippen molar-refractivity contribution in [1.29, 1.82) is 0 Å². The summed E-state index contributed by atoms with van der Waals surface area (Å²) in [6.07, 6.45) is 0. The van der Waals surface area contributed by atoms with E-state index >= 15 is 0 Å². The van der Waals surface area contributed by atoms with Crippen molar-refractivity contribution in [3.05, 3.63) is 50.7 Å². The van der Waals surface area contributed by atoms with Gasteiger partial charge in [0.1, 0.15) is 12.4 Å². The zero-order valence-corrected chi connectivity index (χ0v) is 17.3. The van der Waals surface area contributed by atoms with Gasteiger partial charge in [0, 0.05) is 46.9 Å². The molecule has 0 aliphatic carbocycles. The number of halogens is 1. The summed E-state index contributed by atoms with van der Waals surface area (Å²) in [7, 11) is 3.38. The van der Waals surface area contributed by atoms with E-state index in [1.54, 1.807) is 24.8 Å². The third-order valence-corrected chi connectivity index (χ3v) is 3.76. The van der Waals surface area contributed by atoms with Crippen LogP contribution in [-0.4, -0.2) is 24.9 Å². The zero-order chi connectivity index (χ0) is 15.4. The van der Waals surface area contributed by atoms with Crippen LogP contribution in [0.4, 0.5) is 0 Å². The predicted molar refractivity (Wildman–Crippen MR) is 85.8 cm³/mol. The molecule has 0 amide bonds. The average molecular weight is 440 g/mol. The molecule has 0 aliphatic heterocycles. The minimum Gasteiger partial charge on any atom is -0.491 e. The van der Waals surface area contributed by atoms with E-state index in [-0.39, 0.29) is 38.3 Å². The van der Waals surface area contributed by atoms with E-state index < -0.39 is 0 Å². The Morgan fingerprint density at radius 1 is 1.32 bits per heavy atom. The number of aryl methyl sites for hydroxylation is 1. The summed E-state index contributed by atoms with van der Waals surface area (Å²) in [6, 6.07) is 10.6. The second-order valence-corrected chi connectivity index (χ2v) is 5.52. The normalized spacial score (nSPS) is 10.2. The summed E-state index contributed by atoms with van der Waals surface area (Å²) in [5.41, 5.74) is 2.66. The number of hydrogen-bond donors (Lipinski definition) is 0. The van der Waals surface area contributed by atoms with E-state index in [1.165, 1.54) is 0 Å². The predicted octanol–water partition coefficient (Wildman–Crippen LogP) is 2.95. The Bertz CT molecular complexity index is 700. The molecule has 1 heterocycles. The number of rotatable bonds is 5. The third-order valence-electron chi connectivity index (χ3n) is 3.19. The van der Waals surface area contributed by atoms with Crippen LogP contribution in [0, 0.1) is 13.0 Å². The van der Waals surface area contributed by atoms with Crippen molar-refractivity contribution in [1.82, 2.24) is 4.57 Å². The van der Waals surface area contributed by atoms with Gasteiger partial charge in [0.25, 0.3) is 0 Å². The van der Waals surface area contributed by atoms with Crippen molar-refractivity contribution in [2.75, 3.05) is 20.3 Å². The van der Waals surface area contributed by atoms with E-state index in [4.69, 9.17) is 9.47 Å². The van der Waals surface area contributed by atoms with E-state index in [9.17, 15) is 4.79 Å². The van der Waals surface area contributed by atoms with Crippen LogP contribution >= 0.6 is 15.9 Å². The molecule has 4 nitrogen and oxygen atoms in total. The molecule has 1 radical (unpaired) electrons. The molecule has 1 aromatic carbocycles. The Hall–Kier alpha value is -0.486. The molecule has 6 heteroatoms. The molecule has 2 aromatic rings. The van der Waals surface area contributed by atoms with Crippen molar-refractivity contribution in [2.45, 2.75) is 6.92 Å². The molecule has 0 saturated heterocycles. The minimum atomic E-state index is -0.0800. The molecule has 0 N–H and O–H groups in total.